The highest BCUT2D eigenvalue weighted by Crippen LogP contribution is 2.25. The van der Waals surface area contributed by atoms with Crippen LogP contribution in [0.5, 0.6) is 0 Å². The summed E-state index contributed by atoms with van der Waals surface area (Å²) >= 11 is 0. The van der Waals surface area contributed by atoms with Crippen molar-refractivity contribution in [1.82, 2.24) is 14.5 Å². The summed E-state index contributed by atoms with van der Waals surface area (Å²) in [5, 5.41) is 0.853. The standard InChI is InChI=1S/C21H27N3O2/c1-8-11-12-15(9-2)18-22-14(4)17-13-16(10-3)24(19(17)23-18)20(25)26-21(5,6)7/h8-9,11-13H,2,10H2,1,3-7H3/b11-8-,15-12+. The smallest absolute Gasteiger partial charge is 0.420 e. The summed E-state index contributed by atoms with van der Waals surface area (Å²) in [5.41, 5.74) is 2.44. The Morgan fingerprint density at radius 2 is 2.04 bits per heavy atom. The number of nitrogens with zero attached hydrogens (tertiary/aromatic N) is 3. The number of aromatic nitrogens is 3. The SMILES string of the molecule is C=C/C(=C\C=C/C)c1nc(C)c2cc(CC)n(C(=O)OC(C)(C)C)c2n1. The molecule has 2 aromatic heterocycles. The van der Waals surface area contributed by atoms with E-state index in [1.807, 2.05) is 65.8 Å². The molecule has 2 heterocycles. The molecule has 5 heteroatoms. The Labute approximate surface area is 155 Å². The van der Waals surface area contributed by atoms with Crippen LogP contribution in [0.1, 0.15) is 51.8 Å². The maximum Gasteiger partial charge on any atom is 0.420 e. The van der Waals surface area contributed by atoms with Crippen molar-refractivity contribution >= 4 is 22.7 Å². The van der Waals surface area contributed by atoms with Gasteiger partial charge in [0.2, 0.25) is 0 Å². The summed E-state index contributed by atoms with van der Waals surface area (Å²) in [7, 11) is 0. The molecule has 0 amide bonds. The number of hydrogen-bond donors (Lipinski definition) is 0. The molecule has 0 radical (unpaired) electrons. The van der Waals surface area contributed by atoms with Gasteiger partial charge in [0, 0.05) is 16.7 Å². The fraction of sp³-hybridized carbons (Fsp3) is 0.381. The van der Waals surface area contributed by atoms with Crippen LogP contribution in [-0.4, -0.2) is 26.2 Å². The van der Waals surface area contributed by atoms with Gasteiger partial charge in [-0.15, -0.1) is 0 Å². The third-order valence-corrected chi connectivity index (χ3v) is 3.81. The lowest BCUT2D eigenvalue weighted by molar-refractivity contribution is 0.0539. The Morgan fingerprint density at radius 3 is 2.58 bits per heavy atom. The Hall–Kier alpha value is -2.69. The van der Waals surface area contributed by atoms with Gasteiger partial charge in [-0.05, 0) is 47.1 Å². The number of carbonyl (C=O) groups excluding carboxylic acids is 1. The van der Waals surface area contributed by atoms with Crippen LogP contribution in [0, 0.1) is 6.92 Å². The van der Waals surface area contributed by atoms with Gasteiger partial charge in [-0.2, -0.15) is 0 Å². The van der Waals surface area contributed by atoms with Gasteiger partial charge >= 0.3 is 6.09 Å². The van der Waals surface area contributed by atoms with Crippen LogP contribution in [0.4, 0.5) is 4.79 Å². The van der Waals surface area contributed by atoms with Crippen molar-refractivity contribution in [1.29, 1.82) is 0 Å². The molecule has 0 unspecified atom stereocenters. The number of hydrogen-bond acceptors (Lipinski definition) is 4. The highest BCUT2D eigenvalue weighted by Gasteiger charge is 2.23. The van der Waals surface area contributed by atoms with Gasteiger partial charge in [0.05, 0.1) is 5.69 Å². The molecule has 138 valence electrons. The lowest BCUT2D eigenvalue weighted by atomic mass is 10.2. The van der Waals surface area contributed by atoms with Crippen molar-refractivity contribution in [2.24, 2.45) is 0 Å². The molecule has 26 heavy (non-hydrogen) atoms. The van der Waals surface area contributed by atoms with E-state index >= 15 is 0 Å². The fourth-order valence-corrected chi connectivity index (χ4v) is 2.61. The minimum atomic E-state index is -0.582. The summed E-state index contributed by atoms with van der Waals surface area (Å²) in [4.78, 5) is 22.0. The molecule has 0 saturated carbocycles. The molecular weight excluding hydrogens is 326 g/mol. The first-order chi connectivity index (χ1) is 12.2. The normalized spacial score (nSPS) is 12.8. The topological polar surface area (TPSA) is 57.0 Å². The van der Waals surface area contributed by atoms with Crippen LogP contribution in [0.25, 0.3) is 16.6 Å². The highest BCUT2D eigenvalue weighted by molar-refractivity contribution is 5.90. The Bertz CT molecular complexity index is 896. The molecular formula is C21H27N3O2. The van der Waals surface area contributed by atoms with Crippen LogP contribution >= 0.6 is 0 Å². The lowest BCUT2D eigenvalue weighted by Crippen LogP contribution is -2.28. The van der Waals surface area contributed by atoms with Gasteiger partial charge in [-0.1, -0.05) is 37.8 Å². The zero-order chi connectivity index (χ0) is 19.5. The second-order valence-electron chi connectivity index (χ2n) is 7.03. The third kappa shape index (κ3) is 4.10. The Kier molecular flexibility index (Phi) is 5.80. The molecule has 0 N–H and O–H groups in total. The summed E-state index contributed by atoms with van der Waals surface area (Å²) in [6.07, 6.45) is 7.70. The van der Waals surface area contributed by atoms with Gasteiger partial charge in [-0.25, -0.2) is 19.3 Å². The number of aryl methyl sites for hydroxylation is 2. The van der Waals surface area contributed by atoms with E-state index in [4.69, 9.17) is 4.74 Å². The molecule has 0 atom stereocenters. The van der Waals surface area contributed by atoms with Crippen LogP contribution < -0.4 is 0 Å². The molecule has 0 aliphatic heterocycles. The second kappa shape index (κ2) is 7.68. The second-order valence-corrected chi connectivity index (χ2v) is 7.03. The zero-order valence-electron chi connectivity index (χ0n) is 16.5. The van der Waals surface area contributed by atoms with Crippen molar-refractivity contribution in [3.63, 3.8) is 0 Å². The van der Waals surface area contributed by atoms with Crippen LogP contribution in [0.15, 0.2) is 36.9 Å². The van der Waals surface area contributed by atoms with Crippen LogP contribution in [0.2, 0.25) is 0 Å². The Morgan fingerprint density at radius 1 is 1.35 bits per heavy atom. The van der Waals surface area contributed by atoms with Gasteiger partial charge in [0.15, 0.2) is 11.5 Å². The number of fused-ring (bicyclic) bond motifs is 1. The number of allylic oxidation sites excluding steroid dienone is 5. The molecule has 0 fully saturated rings. The minimum Gasteiger partial charge on any atom is -0.443 e. The quantitative estimate of drug-likeness (QED) is 0.706. The molecule has 0 aromatic carbocycles. The lowest BCUT2D eigenvalue weighted by Gasteiger charge is -2.20. The molecule has 0 saturated heterocycles. The van der Waals surface area contributed by atoms with E-state index in [-0.39, 0.29) is 0 Å². The largest absolute Gasteiger partial charge is 0.443 e. The van der Waals surface area contributed by atoms with Crippen molar-refractivity contribution in [3.05, 3.63) is 54.2 Å². The first-order valence-electron chi connectivity index (χ1n) is 8.80. The van der Waals surface area contributed by atoms with E-state index in [0.29, 0.717) is 17.9 Å². The van der Waals surface area contributed by atoms with Gasteiger partial charge in [-0.3, -0.25) is 0 Å². The van der Waals surface area contributed by atoms with Crippen molar-refractivity contribution < 1.29 is 9.53 Å². The van der Waals surface area contributed by atoms with Crippen molar-refractivity contribution in [2.75, 3.05) is 0 Å². The first kappa shape index (κ1) is 19.6. The zero-order valence-corrected chi connectivity index (χ0v) is 16.5. The first-order valence-corrected chi connectivity index (χ1v) is 8.80. The molecule has 0 aliphatic rings. The number of carbonyl (C=O) groups is 1. The fourth-order valence-electron chi connectivity index (χ4n) is 2.61. The van der Waals surface area contributed by atoms with E-state index in [2.05, 4.69) is 16.5 Å². The van der Waals surface area contributed by atoms with Crippen molar-refractivity contribution in [2.45, 2.75) is 53.6 Å². The monoisotopic (exact) mass is 353 g/mol. The summed E-state index contributed by atoms with van der Waals surface area (Å²) < 4.78 is 7.13. The summed E-state index contributed by atoms with van der Waals surface area (Å²) in [6, 6.07) is 1.96. The van der Waals surface area contributed by atoms with Crippen LogP contribution in [-0.2, 0) is 11.2 Å². The van der Waals surface area contributed by atoms with Crippen LogP contribution in [0.3, 0.4) is 0 Å². The number of rotatable bonds is 4. The predicted octanol–water partition coefficient (Wildman–Crippen LogP) is 5.23. The Balaban J connectivity index is 2.72. The molecule has 0 spiro atoms. The predicted molar refractivity (Wildman–Crippen MR) is 106 cm³/mol. The molecule has 2 rings (SSSR count). The molecule has 0 aliphatic carbocycles. The summed E-state index contributed by atoms with van der Waals surface area (Å²) in [6.45, 7) is 15.3. The van der Waals surface area contributed by atoms with E-state index in [9.17, 15) is 4.79 Å². The highest BCUT2D eigenvalue weighted by atomic mass is 16.6. The molecule has 5 nitrogen and oxygen atoms in total. The van der Waals surface area contributed by atoms with E-state index in [1.54, 1.807) is 10.6 Å². The van der Waals surface area contributed by atoms with E-state index in [0.717, 1.165) is 22.3 Å². The average Bonchev–Trinajstić information content (AvgIpc) is 2.93. The van der Waals surface area contributed by atoms with E-state index < -0.39 is 11.7 Å². The molecule has 2 aromatic rings. The van der Waals surface area contributed by atoms with Gasteiger partial charge < -0.3 is 4.74 Å². The van der Waals surface area contributed by atoms with Crippen molar-refractivity contribution in [3.8, 4) is 0 Å². The maximum absolute atomic E-state index is 12.8. The molecule has 0 bridgehead atoms. The van der Waals surface area contributed by atoms with Gasteiger partial charge in [0.25, 0.3) is 0 Å². The summed E-state index contributed by atoms with van der Waals surface area (Å²) in [5.74, 6) is 0.536. The van der Waals surface area contributed by atoms with E-state index in [1.165, 1.54) is 0 Å². The average molecular weight is 353 g/mol. The number of ether oxygens (including phenoxy) is 1. The minimum absolute atomic E-state index is 0.425. The van der Waals surface area contributed by atoms with Gasteiger partial charge in [0.1, 0.15) is 5.60 Å². The maximum atomic E-state index is 12.8. The third-order valence-electron chi connectivity index (χ3n) is 3.81.